The van der Waals surface area contributed by atoms with Crippen molar-refractivity contribution in [2.45, 2.75) is 32.7 Å². The van der Waals surface area contributed by atoms with Crippen LogP contribution in [-0.4, -0.2) is 28.2 Å². The summed E-state index contributed by atoms with van der Waals surface area (Å²) in [5.41, 5.74) is 2.57. The van der Waals surface area contributed by atoms with Gasteiger partial charge in [0.05, 0.1) is 0 Å². The van der Waals surface area contributed by atoms with E-state index < -0.39 is 0 Å². The van der Waals surface area contributed by atoms with E-state index in [1.165, 1.54) is 37.1 Å². The third-order valence-electron chi connectivity index (χ3n) is 3.83. The predicted molar refractivity (Wildman–Crippen MR) is 79.3 cm³/mol. The lowest BCUT2D eigenvalue weighted by Crippen LogP contribution is -2.23. The maximum Gasteiger partial charge on any atom is 0.147 e. The fourth-order valence-electron chi connectivity index (χ4n) is 2.68. The molecule has 1 aromatic carbocycles. The zero-order chi connectivity index (χ0) is 13.2. The molecule has 3 nitrogen and oxygen atoms in total. The molecule has 2 heterocycles. The molecule has 0 radical (unpaired) electrons. The van der Waals surface area contributed by atoms with E-state index in [2.05, 4.69) is 46.3 Å². The SMILES string of the molecule is Cc1nnc(-c2cccc(C(C)N3CCCC3)c2)s1. The minimum absolute atomic E-state index is 0.497. The van der Waals surface area contributed by atoms with Crippen LogP contribution in [0.4, 0.5) is 0 Å². The molecule has 1 aromatic heterocycles. The molecule has 0 N–H and O–H groups in total. The Morgan fingerprint density at radius 2 is 2.00 bits per heavy atom. The number of aryl methyl sites for hydroxylation is 1. The van der Waals surface area contributed by atoms with E-state index in [0.717, 1.165) is 10.0 Å². The summed E-state index contributed by atoms with van der Waals surface area (Å²) in [6, 6.07) is 9.24. The molecule has 1 saturated heterocycles. The summed E-state index contributed by atoms with van der Waals surface area (Å²) in [5, 5.41) is 10.4. The van der Waals surface area contributed by atoms with Crippen molar-refractivity contribution in [1.29, 1.82) is 0 Å². The van der Waals surface area contributed by atoms with E-state index in [4.69, 9.17) is 0 Å². The monoisotopic (exact) mass is 273 g/mol. The molecule has 1 fully saturated rings. The quantitative estimate of drug-likeness (QED) is 0.854. The van der Waals surface area contributed by atoms with Crippen molar-refractivity contribution < 1.29 is 0 Å². The molecule has 100 valence electrons. The first kappa shape index (κ1) is 12.8. The van der Waals surface area contributed by atoms with Crippen molar-refractivity contribution in [2.75, 3.05) is 13.1 Å². The van der Waals surface area contributed by atoms with Crippen LogP contribution in [0.2, 0.25) is 0 Å². The lowest BCUT2D eigenvalue weighted by Gasteiger charge is -2.24. The van der Waals surface area contributed by atoms with Gasteiger partial charge in [-0.1, -0.05) is 29.5 Å². The molecule has 1 aliphatic heterocycles. The van der Waals surface area contributed by atoms with Gasteiger partial charge >= 0.3 is 0 Å². The Morgan fingerprint density at radius 1 is 1.21 bits per heavy atom. The van der Waals surface area contributed by atoms with Crippen LogP contribution in [-0.2, 0) is 0 Å². The molecule has 3 rings (SSSR count). The van der Waals surface area contributed by atoms with E-state index in [9.17, 15) is 0 Å². The highest BCUT2D eigenvalue weighted by atomic mass is 32.1. The molecular formula is C15H19N3S. The number of benzene rings is 1. The van der Waals surface area contributed by atoms with Crippen LogP contribution < -0.4 is 0 Å². The van der Waals surface area contributed by atoms with E-state index >= 15 is 0 Å². The number of hydrogen-bond acceptors (Lipinski definition) is 4. The van der Waals surface area contributed by atoms with Crippen molar-refractivity contribution in [3.8, 4) is 10.6 Å². The molecule has 19 heavy (non-hydrogen) atoms. The Hall–Kier alpha value is -1.26. The maximum absolute atomic E-state index is 4.24. The minimum atomic E-state index is 0.497. The molecule has 0 aliphatic carbocycles. The second-order valence-corrected chi connectivity index (χ2v) is 6.35. The van der Waals surface area contributed by atoms with E-state index in [1.807, 2.05) is 6.92 Å². The number of hydrogen-bond donors (Lipinski definition) is 0. The third-order valence-corrected chi connectivity index (χ3v) is 4.72. The summed E-state index contributed by atoms with van der Waals surface area (Å²) >= 11 is 1.66. The second kappa shape index (κ2) is 5.39. The van der Waals surface area contributed by atoms with Crippen molar-refractivity contribution in [3.63, 3.8) is 0 Å². The lowest BCUT2D eigenvalue weighted by atomic mass is 10.0. The summed E-state index contributed by atoms with van der Waals surface area (Å²) < 4.78 is 0. The summed E-state index contributed by atoms with van der Waals surface area (Å²) in [6.07, 6.45) is 2.67. The van der Waals surface area contributed by atoms with Gasteiger partial charge in [-0.2, -0.15) is 0 Å². The highest BCUT2D eigenvalue weighted by molar-refractivity contribution is 7.14. The molecule has 1 unspecified atom stereocenters. The van der Waals surface area contributed by atoms with Crippen LogP contribution in [0.5, 0.6) is 0 Å². The average Bonchev–Trinajstić information content (AvgIpc) is 3.09. The zero-order valence-corrected chi connectivity index (χ0v) is 12.3. The van der Waals surface area contributed by atoms with Crippen LogP contribution >= 0.6 is 11.3 Å². The Balaban J connectivity index is 1.87. The summed E-state index contributed by atoms with van der Waals surface area (Å²) in [7, 11) is 0. The van der Waals surface area contributed by atoms with Crippen molar-refractivity contribution >= 4 is 11.3 Å². The van der Waals surface area contributed by atoms with Gasteiger partial charge < -0.3 is 0 Å². The van der Waals surface area contributed by atoms with Crippen molar-refractivity contribution in [1.82, 2.24) is 15.1 Å². The van der Waals surface area contributed by atoms with Gasteiger partial charge in [0.15, 0.2) is 0 Å². The van der Waals surface area contributed by atoms with Gasteiger partial charge in [-0.05, 0) is 51.4 Å². The number of likely N-dealkylation sites (tertiary alicyclic amines) is 1. The molecule has 2 aromatic rings. The average molecular weight is 273 g/mol. The van der Waals surface area contributed by atoms with Gasteiger partial charge in [-0.15, -0.1) is 10.2 Å². The molecule has 4 heteroatoms. The van der Waals surface area contributed by atoms with E-state index in [1.54, 1.807) is 11.3 Å². The van der Waals surface area contributed by atoms with Gasteiger partial charge in [0.25, 0.3) is 0 Å². The van der Waals surface area contributed by atoms with Crippen LogP contribution in [0.3, 0.4) is 0 Å². The summed E-state index contributed by atoms with van der Waals surface area (Å²) in [4.78, 5) is 2.56. The molecular weight excluding hydrogens is 254 g/mol. The number of rotatable bonds is 3. The smallest absolute Gasteiger partial charge is 0.147 e. The van der Waals surface area contributed by atoms with Gasteiger partial charge in [-0.25, -0.2) is 0 Å². The van der Waals surface area contributed by atoms with E-state index in [-0.39, 0.29) is 0 Å². The van der Waals surface area contributed by atoms with Crippen molar-refractivity contribution in [2.24, 2.45) is 0 Å². The first-order valence-corrected chi connectivity index (χ1v) is 7.70. The highest BCUT2D eigenvalue weighted by Gasteiger charge is 2.19. The number of aromatic nitrogens is 2. The standard InChI is InChI=1S/C15H19N3S/c1-11(18-8-3-4-9-18)13-6-5-7-14(10-13)15-17-16-12(2)19-15/h5-7,10-11H,3-4,8-9H2,1-2H3. The van der Waals surface area contributed by atoms with Crippen LogP contribution in [0.25, 0.3) is 10.6 Å². The predicted octanol–water partition coefficient (Wildman–Crippen LogP) is 3.67. The fourth-order valence-corrected chi connectivity index (χ4v) is 3.37. The number of nitrogens with zero attached hydrogens (tertiary/aromatic N) is 3. The van der Waals surface area contributed by atoms with Crippen LogP contribution in [0.1, 0.15) is 36.4 Å². The maximum atomic E-state index is 4.24. The Kier molecular flexibility index (Phi) is 3.62. The first-order chi connectivity index (χ1) is 9.24. The van der Waals surface area contributed by atoms with Crippen molar-refractivity contribution in [3.05, 3.63) is 34.8 Å². The molecule has 0 saturated carbocycles. The Labute approximate surface area is 118 Å². The topological polar surface area (TPSA) is 29.0 Å². The van der Waals surface area contributed by atoms with Crippen LogP contribution in [0.15, 0.2) is 24.3 Å². The minimum Gasteiger partial charge on any atom is -0.297 e. The third kappa shape index (κ3) is 2.69. The zero-order valence-electron chi connectivity index (χ0n) is 11.5. The second-order valence-electron chi connectivity index (χ2n) is 5.17. The largest absolute Gasteiger partial charge is 0.297 e. The van der Waals surface area contributed by atoms with Gasteiger partial charge in [0, 0.05) is 11.6 Å². The highest BCUT2D eigenvalue weighted by Crippen LogP contribution is 2.29. The Morgan fingerprint density at radius 3 is 2.68 bits per heavy atom. The molecule has 1 aliphatic rings. The molecule has 0 amide bonds. The van der Waals surface area contributed by atoms with Gasteiger partial charge in [-0.3, -0.25) is 4.90 Å². The first-order valence-electron chi connectivity index (χ1n) is 6.88. The summed E-state index contributed by atoms with van der Waals surface area (Å²) in [6.45, 7) is 6.75. The Bertz CT molecular complexity index is 558. The molecule has 0 spiro atoms. The molecule has 1 atom stereocenters. The van der Waals surface area contributed by atoms with Gasteiger partial charge in [0.2, 0.25) is 0 Å². The normalized spacial score (nSPS) is 17.8. The van der Waals surface area contributed by atoms with E-state index in [0.29, 0.717) is 6.04 Å². The van der Waals surface area contributed by atoms with Gasteiger partial charge in [0.1, 0.15) is 10.0 Å². The summed E-state index contributed by atoms with van der Waals surface area (Å²) in [5.74, 6) is 0. The lowest BCUT2D eigenvalue weighted by molar-refractivity contribution is 0.263. The van der Waals surface area contributed by atoms with Crippen LogP contribution in [0, 0.1) is 6.92 Å². The molecule has 0 bridgehead atoms. The fraction of sp³-hybridized carbons (Fsp3) is 0.467.